The molecule has 0 aliphatic rings. The minimum Gasteiger partial charge on any atom is -0.368 e. The molecule has 0 radical (unpaired) electrons. The number of anilines is 1. The summed E-state index contributed by atoms with van der Waals surface area (Å²) in [6.07, 6.45) is 1.65. The maximum absolute atomic E-state index is 5.40. The molecule has 2 N–H and O–H groups in total. The van der Waals surface area contributed by atoms with Crippen molar-refractivity contribution in [3.05, 3.63) is 22.9 Å². The molecule has 0 spiro atoms. The molecule has 0 aliphatic heterocycles. The number of nitrogens with two attached hydrogens (primary N) is 1. The molecule has 5 heteroatoms. The number of fused-ring (bicyclic) bond motifs is 1. The normalized spacial score (nSPS) is 10.4. The number of rotatable bonds is 0. The number of nitrogens with zero attached hydrogens (tertiary/aromatic N) is 3. The molecule has 0 aromatic carbocycles. The fourth-order valence-electron chi connectivity index (χ4n) is 0.899. The average molecular weight is 225 g/mol. The second-order valence-corrected chi connectivity index (χ2v) is 3.09. The SMILES string of the molecule is Nc1ncc2ccc(Br)nc2n1. The smallest absolute Gasteiger partial charge is 0.222 e. The predicted octanol–water partition coefficient (Wildman–Crippen LogP) is 1.37. The van der Waals surface area contributed by atoms with Gasteiger partial charge in [-0.3, -0.25) is 0 Å². The van der Waals surface area contributed by atoms with E-state index in [0.29, 0.717) is 5.65 Å². The van der Waals surface area contributed by atoms with Crippen molar-refractivity contribution in [3.63, 3.8) is 0 Å². The average Bonchev–Trinajstić information content (AvgIpc) is 2.03. The Bertz CT molecular complexity index is 392. The zero-order chi connectivity index (χ0) is 8.55. The third-order valence-electron chi connectivity index (χ3n) is 1.43. The highest BCUT2D eigenvalue weighted by atomic mass is 79.9. The van der Waals surface area contributed by atoms with Gasteiger partial charge < -0.3 is 5.73 Å². The van der Waals surface area contributed by atoms with Crippen LogP contribution in [0.15, 0.2) is 22.9 Å². The summed E-state index contributed by atoms with van der Waals surface area (Å²) in [6, 6.07) is 3.72. The van der Waals surface area contributed by atoms with E-state index in [0.717, 1.165) is 9.99 Å². The topological polar surface area (TPSA) is 64.7 Å². The van der Waals surface area contributed by atoms with Crippen LogP contribution in [0.2, 0.25) is 0 Å². The van der Waals surface area contributed by atoms with Gasteiger partial charge in [-0.15, -0.1) is 0 Å². The number of hydrogen-bond acceptors (Lipinski definition) is 4. The first kappa shape index (κ1) is 7.42. The first-order valence-corrected chi connectivity index (χ1v) is 4.10. The van der Waals surface area contributed by atoms with Gasteiger partial charge >= 0.3 is 0 Å². The summed E-state index contributed by atoms with van der Waals surface area (Å²) >= 11 is 3.24. The monoisotopic (exact) mass is 224 g/mol. The first-order chi connectivity index (χ1) is 5.75. The van der Waals surface area contributed by atoms with E-state index in [1.165, 1.54) is 0 Å². The van der Waals surface area contributed by atoms with Crippen LogP contribution in [-0.2, 0) is 0 Å². The van der Waals surface area contributed by atoms with Crippen molar-refractivity contribution in [1.82, 2.24) is 15.0 Å². The fraction of sp³-hybridized carbons (Fsp3) is 0. The van der Waals surface area contributed by atoms with Crippen LogP contribution < -0.4 is 5.73 Å². The Kier molecular flexibility index (Phi) is 1.65. The number of hydrogen-bond donors (Lipinski definition) is 1. The van der Waals surface area contributed by atoms with Crippen molar-refractivity contribution in [2.45, 2.75) is 0 Å². The Morgan fingerprint density at radius 1 is 1.25 bits per heavy atom. The van der Waals surface area contributed by atoms with Crippen LogP contribution in [0.5, 0.6) is 0 Å². The van der Waals surface area contributed by atoms with Crippen molar-refractivity contribution in [1.29, 1.82) is 0 Å². The number of nitrogen functional groups attached to an aromatic ring is 1. The number of halogens is 1. The van der Waals surface area contributed by atoms with Gasteiger partial charge in [0.2, 0.25) is 5.95 Å². The van der Waals surface area contributed by atoms with Crippen LogP contribution >= 0.6 is 15.9 Å². The van der Waals surface area contributed by atoms with E-state index in [1.54, 1.807) is 6.20 Å². The summed E-state index contributed by atoms with van der Waals surface area (Å²) in [7, 11) is 0. The van der Waals surface area contributed by atoms with Crippen LogP contribution in [0.1, 0.15) is 0 Å². The Hall–Kier alpha value is -1.23. The van der Waals surface area contributed by atoms with Gasteiger partial charge in [0.05, 0.1) is 0 Å². The Morgan fingerprint density at radius 2 is 2.08 bits per heavy atom. The minimum absolute atomic E-state index is 0.244. The van der Waals surface area contributed by atoms with Crippen molar-refractivity contribution in [2.75, 3.05) is 5.73 Å². The van der Waals surface area contributed by atoms with Crippen LogP contribution in [0, 0.1) is 0 Å². The summed E-state index contributed by atoms with van der Waals surface area (Å²) < 4.78 is 0.744. The summed E-state index contributed by atoms with van der Waals surface area (Å²) in [5, 5.41) is 0.882. The first-order valence-electron chi connectivity index (χ1n) is 3.30. The van der Waals surface area contributed by atoms with Gasteiger partial charge in [-0.25, -0.2) is 9.97 Å². The highest BCUT2D eigenvalue weighted by Crippen LogP contribution is 2.13. The molecule has 0 aliphatic carbocycles. The van der Waals surface area contributed by atoms with Gasteiger partial charge in [0, 0.05) is 11.6 Å². The van der Waals surface area contributed by atoms with E-state index < -0.39 is 0 Å². The largest absolute Gasteiger partial charge is 0.368 e. The van der Waals surface area contributed by atoms with Crippen LogP contribution in [0.4, 0.5) is 5.95 Å². The molecule has 0 amide bonds. The van der Waals surface area contributed by atoms with E-state index in [1.807, 2.05) is 12.1 Å². The van der Waals surface area contributed by atoms with E-state index in [-0.39, 0.29) is 5.95 Å². The summed E-state index contributed by atoms with van der Waals surface area (Å²) in [4.78, 5) is 11.9. The molecular formula is C7H5BrN4. The van der Waals surface area contributed by atoms with Gasteiger partial charge in [0.25, 0.3) is 0 Å². The second-order valence-electron chi connectivity index (χ2n) is 2.28. The van der Waals surface area contributed by atoms with E-state index in [9.17, 15) is 0 Å². The standard InChI is InChI=1S/C7H5BrN4/c8-5-2-1-4-3-10-7(9)12-6(4)11-5/h1-3H,(H2,9,10,11,12). The highest BCUT2D eigenvalue weighted by molar-refractivity contribution is 9.10. The molecule has 12 heavy (non-hydrogen) atoms. The van der Waals surface area contributed by atoms with Gasteiger partial charge in [-0.05, 0) is 28.1 Å². The van der Waals surface area contributed by atoms with Crippen LogP contribution in [-0.4, -0.2) is 15.0 Å². The Balaban J connectivity index is 2.80. The lowest BCUT2D eigenvalue weighted by atomic mass is 10.3. The second kappa shape index (κ2) is 2.67. The van der Waals surface area contributed by atoms with Gasteiger partial charge in [-0.1, -0.05) is 0 Å². The van der Waals surface area contributed by atoms with Crippen LogP contribution in [0.25, 0.3) is 11.0 Å². The molecule has 0 saturated heterocycles. The van der Waals surface area contributed by atoms with Crippen LogP contribution in [0.3, 0.4) is 0 Å². The zero-order valence-electron chi connectivity index (χ0n) is 6.03. The zero-order valence-corrected chi connectivity index (χ0v) is 7.62. The van der Waals surface area contributed by atoms with E-state index >= 15 is 0 Å². The summed E-state index contributed by atoms with van der Waals surface area (Å²) in [5.74, 6) is 0.244. The van der Waals surface area contributed by atoms with Gasteiger partial charge in [0.1, 0.15) is 4.60 Å². The van der Waals surface area contributed by atoms with Gasteiger partial charge in [0.15, 0.2) is 5.65 Å². The van der Waals surface area contributed by atoms with Crippen molar-refractivity contribution >= 4 is 32.9 Å². The van der Waals surface area contributed by atoms with Gasteiger partial charge in [-0.2, -0.15) is 4.98 Å². The van der Waals surface area contributed by atoms with Crippen molar-refractivity contribution < 1.29 is 0 Å². The highest BCUT2D eigenvalue weighted by Gasteiger charge is 1.97. The molecule has 0 fully saturated rings. The third-order valence-corrected chi connectivity index (χ3v) is 1.87. The molecule has 0 atom stereocenters. The molecule has 2 aromatic rings. The third kappa shape index (κ3) is 1.23. The predicted molar refractivity (Wildman–Crippen MR) is 49.4 cm³/mol. The summed E-state index contributed by atoms with van der Waals surface area (Å²) in [5.41, 5.74) is 6.00. The molecule has 60 valence electrons. The van der Waals surface area contributed by atoms with E-state index in [4.69, 9.17) is 5.73 Å². The van der Waals surface area contributed by atoms with Crippen molar-refractivity contribution in [2.24, 2.45) is 0 Å². The maximum Gasteiger partial charge on any atom is 0.222 e. The molecule has 2 heterocycles. The minimum atomic E-state index is 0.244. The lowest BCUT2D eigenvalue weighted by molar-refractivity contribution is 1.18. The quantitative estimate of drug-likeness (QED) is 0.687. The molecule has 0 saturated carbocycles. The molecule has 0 unspecified atom stereocenters. The fourth-order valence-corrected chi connectivity index (χ4v) is 1.20. The molecular weight excluding hydrogens is 220 g/mol. The number of aromatic nitrogens is 3. The lowest BCUT2D eigenvalue weighted by Gasteiger charge is -1.96. The Morgan fingerprint density at radius 3 is 2.92 bits per heavy atom. The lowest BCUT2D eigenvalue weighted by Crippen LogP contribution is -1.95. The number of pyridine rings is 1. The summed E-state index contributed by atoms with van der Waals surface area (Å²) in [6.45, 7) is 0. The molecule has 4 nitrogen and oxygen atoms in total. The van der Waals surface area contributed by atoms with E-state index in [2.05, 4.69) is 30.9 Å². The molecule has 2 aromatic heterocycles. The van der Waals surface area contributed by atoms with Crippen molar-refractivity contribution in [3.8, 4) is 0 Å². The Labute approximate surface area is 77.0 Å². The molecule has 0 bridgehead atoms. The maximum atomic E-state index is 5.40. The molecule has 2 rings (SSSR count).